The second-order valence-electron chi connectivity index (χ2n) is 7.50. The number of hydrogen-bond donors (Lipinski definition) is 1. The summed E-state index contributed by atoms with van der Waals surface area (Å²) < 4.78 is 6.02. The molecule has 0 amide bonds. The van der Waals surface area contributed by atoms with E-state index >= 15 is 0 Å². The number of rotatable bonds is 2. The van der Waals surface area contributed by atoms with Crippen LogP contribution >= 0.6 is 0 Å². The molecule has 3 heterocycles. The summed E-state index contributed by atoms with van der Waals surface area (Å²) in [4.78, 5) is 7.27. The molecule has 1 aromatic rings. The van der Waals surface area contributed by atoms with E-state index in [0.29, 0.717) is 12.5 Å². The number of nitrogens with one attached hydrogen (secondary N) is 1. The Morgan fingerprint density at radius 2 is 2.00 bits per heavy atom. The molecule has 0 unspecified atom stereocenters. The normalized spacial score (nSPS) is 23.3. The highest BCUT2D eigenvalue weighted by Crippen LogP contribution is 2.45. The number of nitrogens with zero attached hydrogens (tertiary/aromatic N) is 3. The molecule has 1 N–H and O–H groups in total. The quantitative estimate of drug-likeness (QED) is 0.906. The Kier molecular flexibility index (Phi) is 3.55. The third-order valence-electron chi connectivity index (χ3n) is 5.13. The topological polar surface area (TPSA) is 61.2 Å². The fourth-order valence-electron chi connectivity index (χ4n) is 3.70. The van der Waals surface area contributed by atoms with Gasteiger partial charge in [-0.3, -0.25) is 0 Å². The maximum atomic E-state index is 9.85. The molecule has 1 saturated carbocycles. The molecule has 2 aliphatic heterocycles. The van der Waals surface area contributed by atoms with Gasteiger partial charge in [-0.25, -0.2) is 4.98 Å². The number of pyridine rings is 1. The van der Waals surface area contributed by atoms with E-state index in [1.807, 2.05) is 0 Å². The van der Waals surface area contributed by atoms with Crippen LogP contribution in [0.2, 0.25) is 0 Å². The van der Waals surface area contributed by atoms with Gasteiger partial charge in [0.05, 0.1) is 23.5 Å². The molecule has 1 aromatic heterocycles. The SMILES string of the molecule is CC1(C)Cc2c(C#N)c(N3CCNCC3)nc(C3CC3)c2CO1. The van der Waals surface area contributed by atoms with Gasteiger partial charge in [-0.15, -0.1) is 0 Å². The Labute approximate surface area is 137 Å². The summed E-state index contributed by atoms with van der Waals surface area (Å²) in [5.41, 5.74) is 4.16. The average molecular weight is 312 g/mol. The first-order valence-corrected chi connectivity index (χ1v) is 8.64. The Balaban J connectivity index is 1.86. The highest BCUT2D eigenvalue weighted by molar-refractivity contribution is 5.62. The van der Waals surface area contributed by atoms with Crippen LogP contribution in [0.15, 0.2) is 0 Å². The van der Waals surface area contributed by atoms with Gasteiger partial charge in [0, 0.05) is 44.1 Å². The Morgan fingerprint density at radius 3 is 2.65 bits per heavy atom. The Morgan fingerprint density at radius 1 is 1.26 bits per heavy atom. The number of hydrogen-bond acceptors (Lipinski definition) is 5. The molecular formula is C18H24N4O. The first kappa shape index (κ1) is 14.9. The molecule has 122 valence electrons. The zero-order valence-corrected chi connectivity index (χ0v) is 14.0. The zero-order valence-electron chi connectivity index (χ0n) is 14.0. The van der Waals surface area contributed by atoms with Crippen LogP contribution in [0.4, 0.5) is 5.82 Å². The minimum Gasteiger partial charge on any atom is -0.370 e. The van der Waals surface area contributed by atoms with Gasteiger partial charge in [0.2, 0.25) is 0 Å². The summed E-state index contributed by atoms with van der Waals surface area (Å²) in [6.45, 7) is 8.57. The molecule has 5 nitrogen and oxygen atoms in total. The Bertz CT molecular complexity index is 667. The summed E-state index contributed by atoms with van der Waals surface area (Å²) in [6.07, 6.45) is 3.23. The molecule has 0 radical (unpaired) electrons. The zero-order chi connectivity index (χ0) is 16.0. The minimum absolute atomic E-state index is 0.207. The monoisotopic (exact) mass is 312 g/mol. The first-order chi connectivity index (χ1) is 11.1. The molecule has 4 rings (SSSR count). The van der Waals surface area contributed by atoms with Crippen LogP contribution in [0, 0.1) is 11.3 Å². The van der Waals surface area contributed by atoms with E-state index in [4.69, 9.17) is 9.72 Å². The highest BCUT2D eigenvalue weighted by Gasteiger charge is 2.37. The van der Waals surface area contributed by atoms with E-state index in [9.17, 15) is 5.26 Å². The summed E-state index contributed by atoms with van der Waals surface area (Å²) in [5.74, 6) is 1.48. The van der Waals surface area contributed by atoms with Crippen LogP contribution in [-0.2, 0) is 17.8 Å². The lowest BCUT2D eigenvalue weighted by Gasteiger charge is -2.36. The van der Waals surface area contributed by atoms with Gasteiger partial charge in [0.15, 0.2) is 0 Å². The predicted octanol–water partition coefficient (Wildman–Crippen LogP) is 2.09. The molecule has 2 fully saturated rings. The van der Waals surface area contributed by atoms with Crippen LogP contribution in [0.1, 0.15) is 55.0 Å². The van der Waals surface area contributed by atoms with Crippen LogP contribution < -0.4 is 10.2 Å². The standard InChI is InChI=1S/C18H24N4O/c1-18(2)9-13-14(10-19)17(22-7-5-20-6-8-22)21-16(12-3-4-12)15(13)11-23-18/h12,20H,3-9,11H2,1-2H3. The lowest BCUT2D eigenvalue weighted by Crippen LogP contribution is -2.44. The number of fused-ring (bicyclic) bond motifs is 1. The molecule has 0 spiro atoms. The third-order valence-corrected chi connectivity index (χ3v) is 5.13. The maximum Gasteiger partial charge on any atom is 0.147 e. The molecule has 0 atom stereocenters. The molecule has 1 aliphatic carbocycles. The van der Waals surface area contributed by atoms with Gasteiger partial charge in [0.1, 0.15) is 11.9 Å². The van der Waals surface area contributed by atoms with Gasteiger partial charge in [-0.05, 0) is 32.3 Å². The van der Waals surface area contributed by atoms with Gasteiger partial charge in [-0.1, -0.05) is 0 Å². The third kappa shape index (κ3) is 2.71. The van der Waals surface area contributed by atoms with Crippen LogP contribution in [0.3, 0.4) is 0 Å². The molecule has 3 aliphatic rings. The van der Waals surface area contributed by atoms with E-state index in [1.165, 1.54) is 29.7 Å². The molecule has 5 heteroatoms. The van der Waals surface area contributed by atoms with E-state index in [2.05, 4.69) is 30.1 Å². The fraction of sp³-hybridized carbons (Fsp3) is 0.667. The lowest BCUT2D eigenvalue weighted by molar-refractivity contribution is -0.0407. The summed E-state index contributed by atoms with van der Waals surface area (Å²) in [5, 5.41) is 13.2. The Hall–Kier alpha value is -1.64. The van der Waals surface area contributed by atoms with Crippen molar-refractivity contribution in [3.63, 3.8) is 0 Å². The van der Waals surface area contributed by atoms with Crippen LogP contribution in [0.25, 0.3) is 0 Å². The first-order valence-electron chi connectivity index (χ1n) is 8.64. The summed E-state index contributed by atoms with van der Waals surface area (Å²) >= 11 is 0. The largest absolute Gasteiger partial charge is 0.370 e. The summed E-state index contributed by atoms with van der Waals surface area (Å²) in [6, 6.07) is 2.47. The van der Waals surface area contributed by atoms with Crippen molar-refractivity contribution in [2.45, 2.75) is 51.2 Å². The van der Waals surface area contributed by atoms with Crippen molar-refractivity contribution in [3.05, 3.63) is 22.4 Å². The van der Waals surface area contributed by atoms with E-state index in [-0.39, 0.29) is 5.60 Å². The number of piperazine rings is 1. The molecule has 0 bridgehead atoms. The van der Waals surface area contributed by atoms with Crippen LogP contribution in [-0.4, -0.2) is 36.8 Å². The second kappa shape index (κ2) is 5.47. The number of aromatic nitrogens is 1. The van der Waals surface area contributed by atoms with E-state index < -0.39 is 0 Å². The van der Waals surface area contributed by atoms with Crippen molar-refractivity contribution in [2.24, 2.45) is 0 Å². The molecule has 1 saturated heterocycles. The van der Waals surface area contributed by atoms with Crippen LogP contribution in [0.5, 0.6) is 0 Å². The molecule has 23 heavy (non-hydrogen) atoms. The van der Waals surface area contributed by atoms with Gasteiger partial charge < -0.3 is 15.0 Å². The summed E-state index contributed by atoms with van der Waals surface area (Å²) in [7, 11) is 0. The van der Waals surface area contributed by atoms with Crippen molar-refractivity contribution in [1.29, 1.82) is 5.26 Å². The second-order valence-corrected chi connectivity index (χ2v) is 7.50. The maximum absolute atomic E-state index is 9.85. The number of ether oxygens (including phenoxy) is 1. The van der Waals surface area contributed by atoms with Crippen molar-refractivity contribution < 1.29 is 4.74 Å². The number of nitriles is 1. The van der Waals surface area contributed by atoms with Crippen molar-refractivity contribution >= 4 is 5.82 Å². The fourth-order valence-corrected chi connectivity index (χ4v) is 3.70. The highest BCUT2D eigenvalue weighted by atomic mass is 16.5. The lowest BCUT2D eigenvalue weighted by atomic mass is 9.87. The minimum atomic E-state index is -0.207. The molecule has 0 aromatic carbocycles. The van der Waals surface area contributed by atoms with Gasteiger partial charge in [-0.2, -0.15) is 5.26 Å². The molecular weight excluding hydrogens is 288 g/mol. The van der Waals surface area contributed by atoms with Gasteiger partial charge in [0.25, 0.3) is 0 Å². The predicted molar refractivity (Wildman–Crippen MR) is 88.6 cm³/mol. The van der Waals surface area contributed by atoms with E-state index in [0.717, 1.165) is 44.0 Å². The van der Waals surface area contributed by atoms with Crippen molar-refractivity contribution in [1.82, 2.24) is 10.3 Å². The smallest absolute Gasteiger partial charge is 0.147 e. The van der Waals surface area contributed by atoms with Gasteiger partial charge >= 0.3 is 0 Å². The van der Waals surface area contributed by atoms with E-state index in [1.54, 1.807) is 0 Å². The van der Waals surface area contributed by atoms with Crippen molar-refractivity contribution in [3.8, 4) is 6.07 Å². The average Bonchev–Trinajstić information content (AvgIpc) is 3.38. The van der Waals surface area contributed by atoms with Crippen molar-refractivity contribution in [2.75, 3.05) is 31.1 Å². The number of anilines is 1.